The number of fused-ring (bicyclic) bond motifs is 3. The largest absolute Gasteiger partial charge is 0.301 e. The Morgan fingerprint density at radius 3 is 2.75 bits per heavy atom. The molecule has 1 unspecified atom stereocenters. The van der Waals surface area contributed by atoms with E-state index in [9.17, 15) is 4.79 Å². The van der Waals surface area contributed by atoms with Crippen molar-refractivity contribution in [2.45, 2.75) is 18.9 Å². The topological polar surface area (TPSA) is 53.9 Å². The molecule has 0 radical (unpaired) electrons. The molecule has 0 amide bonds. The van der Waals surface area contributed by atoms with E-state index in [1.807, 2.05) is 29.1 Å². The van der Waals surface area contributed by atoms with Crippen LogP contribution in [0, 0.1) is 5.92 Å². The number of aromatic nitrogens is 3. The van der Waals surface area contributed by atoms with E-state index in [2.05, 4.69) is 15.0 Å². The summed E-state index contributed by atoms with van der Waals surface area (Å²) < 4.78 is 2.02. The molecule has 2 aromatic heterocycles. The average Bonchev–Trinajstić information content (AvgIpc) is 2.91. The molecule has 5 nitrogen and oxygen atoms in total. The number of rotatable bonds is 2. The minimum Gasteiger partial charge on any atom is -0.301 e. The van der Waals surface area contributed by atoms with E-state index in [0.29, 0.717) is 17.5 Å². The third-order valence-corrected chi connectivity index (χ3v) is 4.66. The molecule has 104 valence electrons. The molecule has 3 aliphatic rings. The predicted octanol–water partition coefficient (Wildman–Crippen LogP) is 1.51. The second-order valence-corrected chi connectivity index (χ2v) is 5.81. The summed E-state index contributed by atoms with van der Waals surface area (Å²) in [5.41, 5.74) is 1.37. The van der Waals surface area contributed by atoms with Crippen molar-refractivity contribution in [1.82, 2.24) is 19.7 Å². The molecule has 1 atom stereocenters. The van der Waals surface area contributed by atoms with Gasteiger partial charge in [-0.2, -0.15) is 0 Å². The Labute approximate surface area is 117 Å². The minimum absolute atomic E-state index is 0.0415. The molecule has 0 aromatic carbocycles. The first kappa shape index (κ1) is 11.9. The number of piperidine rings is 3. The summed E-state index contributed by atoms with van der Waals surface area (Å²) in [6.45, 7) is 3.47. The second kappa shape index (κ2) is 4.59. The quantitative estimate of drug-likeness (QED) is 0.900. The van der Waals surface area contributed by atoms with Crippen LogP contribution >= 0.6 is 0 Å². The van der Waals surface area contributed by atoms with Gasteiger partial charge < -0.3 is 4.90 Å². The molecule has 0 spiro atoms. The number of hydrogen-bond acceptors (Lipinski definition) is 3. The van der Waals surface area contributed by atoms with Gasteiger partial charge >= 0.3 is 0 Å². The smallest absolute Gasteiger partial charge is 0.273 e. The normalized spacial score (nSPS) is 28.7. The number of H-pyrrole nitrogens is 1. The Morgan fingerprint density at radius 1 is 1.25 bits per heavy atom. The SMILES string of the molecule is O=c1[nH]n(C2CN3CCC2CC3)cc1-c1ccccn1. The Balaban J connectivity index is 1.69. The Bertz CT molecular complexity index is 652. The van der Waals surface area contributed by atoms with Crippen molar-refractivity contribution in [3.8, 4) is 11.3 Å². The first-order chi connectivity index (χ1) is 9.81. The predicted molar refractivity (Wildman–Crippen MR) is 76.5 cm³/mol. The number of hydrogen-bond donors (Lipinski definition) is 1. The zero-order valence-electron chi connectivity index (χ0n) is 11.3. The number of aromatic amines is 1. The molecule has 3 aliphatic heterocycles. The van der Waals surface area contributed by atoms with E-state index >= 15 is 0 Å². The van der Waals surface area contributed by atoms with Crippen LogP contribution in [0.25, 0.3) is 11.3 Å². The molecule has 5 rings (SSSR count). The van der Waals surface area contributed by atoms with Crippen molar-refractivity contribution < 1.29 is 0 Å². The summed E-state index contributed by atoms with van der Waals surface area (Å²) in [6.07, 6.45) is 6.14. The highest BCUT2D eigenvalue weighted by molar-refractivity contribution is 5.56. The summed E-state index contributed by atoms with van der Waals surface area (Å²) >= 11 is 0. The number of nitrogens with zero attached hydrogens (tertiary/aromatic N) is 3. The summed E-state index contributed by atoms with van der Waals surface area (Å²) in [7, 11) is 0. The van der Waals surface area contributed by atoms with Gasteiger partial charge in [0, 0.05) is 18.9 Å². The van der Waals surface area contributed by atoms with E-state index < -0.39 is 0 Å². The zero-order chi connectivity index (χ0) is 13.5. The van der Waals surface area contributed by atoms with Crippen molar-refractivity contribution in [3.05, 3.63) is 40.9 Å². The molecule has 20 heavy (non-hydrogen) atoms. The molecular weight excluding hydrogens is 252 g/mol. The summed E-state index contributed by atoms with van der Waals surface area (Å²) in [6, 6.07) is 6.06. The third-order valence-electron chi connectivity index (χ3n) is 4.66. The monoisotopic (exact) mass is 270 g/mol. The lowest BCUT2D eigenvalue weighted by Gasteiger charge is -2.44. The van der Waals surface area contributed by atoms with E-state index in [4.69, 9.17) is 0 Å². The van der Waals surface area contributed by atoms with Gasteiger partial charge in [-0.1, -0.05) is 6.07 Å². The maximum Gasteiger partial charge on any atom is 0.273 e. The van der Waals surface area contributed by atoms with Crippen LogP contribution in [0.5, 0.6) is 0 Å². The van der Waals surface area contributed by atoms with Gasteiger partial charge in [0.25, 0.3) is 5.56 Å². The van der Waals surface area contributed by atoms with Gasteiger partial charge in [0.1, 0.15) is 0 Å². The summed E-state index contributed by atoms with van der Waals surface area (Å²) in [5, 5.41) is 2.99. The van der Waals surface area contributed by atoms with Gasteiger partial charge in [0.2, 0.25) is 0 Å². The zero-order valence-corrected chi connectivity index (χ0v) is 11.3. The minimum atomic E-state index is -0.0415. The van der Waals surface area contributed by atoms with Crippen LogP contribution in [0.1, 0.15) is 18.9 Å². The molecule has 0 saturated carbocycles. The van der Waals surface area contributed by atoms with Gasteiger partial charge in [0.15, 0.2) is 0 Å². The molecule has 5 heterocycles. The first-order valence-electron chi connectivity index (χ1n) is 7.26. The van der Waals surface area contributed by atoms with Crippen molar-refractivity contribution in [1.29, 1.82) is 0 Å². The van der Waals surface area contributed by atoms with E-state index in [0.717, 1.165) is 12.2 Å². The fraction of sp³-hybridized carbons (Fsp3) is 0.467. The molecule has 1 N–H and O–H groups in total. The van der Waals surface area contributed by atoms with Crippen LogP contribution in [0.4, 0.5) is 0 Å². The lowest BCUT2D eigenvalue weighted by molar-refractivity contribution is 0.0511. The maximum atomic E-state index is 12.2. The molecule has 0 aliphatic carbocycles. The van der Waals surface area contributed by atoms with Gasteiger partial charge in [-0.15, -0.1) is 0 Å². The van der Waals surface area contributed by atoms with Crippen molar-refractivity contribution in [2.24, 2.45) is 5.92 Å². The van der Waals surface area contributed by atoms with Crippen LogP contribution in [0.2, 0.25) is 0 Å². The molecule has 5 heteroatoms. The summed E-state index contributed by atoms with van der Waals surface area (Å²) in [5.74, 6) is 0.694. The van der Waals surface area contributed by atoms with Crippen molar-refractivity contribution >= 4 is 0 Å². The molecule has 3 saturated heterocycles. The Kier molecular flexibility index (Phi) is 2.73. The highest BCUT2D eigenvalue weighted by atomic mass is 16.1. The lowest BCUT2D eigenvalue weighted by Crippen LogP contribution is -2.48. The van der Waals surface area contributed by atoms with Crippen LogP contribution < -0.4 is 5.56 Å². The average molecular weight is 270 g/mol. The molecule has 2 aromatic rings. The van der Waals surface area contributed by atoms with E-state index in [1.54, 1.807) is 6.20 Å². The Hall–Kier alpha value is -1.88. The van der Waals surface area contributed by atoms with E-state index in [1.165, 1.54) is 25.9 Å². The van der Waals surface area contributed by atoms with Crippen LogP contribution in [-0.2, 0) is 0 Å². The Morgan fingerprint density at radius 2 is 2.10 bits per heavy atom. The van der Waals surface area contributed by atoms with Crippen LogP contribution in [0.15, 0.2) is 35.4 Å². The lowest BCUT2D eigenvalue weighted by atomic mass is 9.84. The fourth-order valence-corrected chi connectivity index (χ4v) is 3.54. The maximum absolute atomic E-state index is 12.2. The van der Waals surface area contributed by atoms with Crippen LogP contribution in [0.3, 0.4) is 0 Å². The third kappa shape index (κ3) is 1.89. The second-order valence-electron chi connectivity index (χ2n) is 5.81. The van der Waals surface area contributed by atoms with Gasteiger partial charge in [-0.05, 0) is 44.0 Å². The highest BCUT2D eigenvalue weighted by Gasteiger charge is 2.35. The number of nitrogens with one attached hydrogen (secondary N) is 1. The number of pyridine rings is 1. The van der Waals surface area contributed by atoms with Crippen LogP contribution in [-0.4, -0.2) is 39.3 Å². The van der Waals surface area contributed by atoms with Gasteiger partial charge in [-0.25, -0.2) is 0 Å². The van der Waals surface area contributed by atoms with Gasteiger partial charge in [-0.3, -0.25) is 19.6 Å². The molecule has 3 fully saturated rings. The van der Waals surface area contributed by atoms with E-state index in [-0.39, 0.29) is 5.56 Å². The highest BCUT2D eigenvalue weighted by Crippen LogP contribution is 2.35. The molecular formula is C15H18N4O. The summed E-state index contributed by atoms with van der Waals surface area (Å²) in [4.78, 5) is 18.9. The first-order valence-corrected chi connectivity index (χ1v) is 7.26. The molecule has 2 bridgehead atoms. The fourth-order valence-electron chi connectivity index (χ4n) is 3.54. The standard InChI is InChI=1S/C15H18N4O/c20-15-12(13-3-1-2-6-16-13)9-19(17-15)14-10-18-7-4-11(14)5-8-18/h1-3,6,9,11,14H,4-5,7-8,10H2,(H,17,20). The van der Waals surface area contributed by atoms with Crippen molar-refractivity contribution in [2.75, 3.05) is 19.6 Å². The van der Waals surface area contributed by atoms with Crippen molar-refractivity contribution in [3.63, 3.8) is 0 Å². The van der Waals surface area contributed by atoms with Gasteiger partial charge in [0.05, 0.1) is 17.3 Å².